The molecule has 3 heterocycles. The Morgan fingerprint density at radius 1 is 0.921 bits per heavy atom. The van der Waals surface area contributed by atoms with E-state index in [0.29, 0.717) is 11.6 Å². The molecule has 6 nitrogen and oxygen atoms in total. The predicted octanol–water partition coefficient (Wildman–Crippen LogP) is 7.59. The van der Waals surface area contributed by atoms with Crippen molar-refractivity contribution in [3.8, 4) is 32.5 Å². The van der Waals surface area contributed by atoms with Gasteiger partial charge in [-0.3, -0.25) is 4.98 Å². The monoisotopic (exact) mass is 540 g/mol. The Bertz CT molecular complexity index is 1530. The lowest BCUT2D eigenvalue weighted by atomic mass is 9.97. The molecule has 0 spiro atoms. The largest absolute Gasteiger partial charge is 0.437 e. The van der Waals surface area contributed by atoms with Gasteiger partial charge in [-0.15, -0.1) is 11.3 Å². The summed E-state index contributed by atoms with van der Waals surface area (Å²) >= 11 is 3.37. The molecule has 0 saturated heterocycles. The van der Waals surface area contributed by atoms with Crippen molar-refractivity contribution in [3.63, 3.8) is 0 Å². The minimum atomic E-state index is -0.887. The van der Waals surface area contributed by atoms with Crippen molar-refractivity contribution in [2.45, 2.75) is 44.2 Å². The summed E-state index contributed by atoms with van der Waals surface area (Å²) in [4.78, 5) is 19.8. The van der Waals surface area contributed by atoms with E-state index >= 15 is 0 Å². The number of aliphatic hydroxyl groups is 1. The molecule has 1 N–H and O–H groups in total. The van der Waals surface area contributed by atoms with Crippen LogP contribution < -0.4 is 4.74 Å². The Balaban J connectivity index is 1.49. The standard InChI is InChI=1S/C30H28N4O2S2/c1-19-14-20(2)34-29(33-19)37-18-23-16-26(38-28(23)21-8-10-24(11-9-21)30(3,4)35)22-6-5-7-25(15-22)36-27-17-31-12-13-32-27/h5-17,35H,18H2,1-4H3. The van der Waals surface area contributed by atoms with Crippen LogP contribution in [0.5, 0.6) is 11.6 Å². The van der Waals surface area contributed by atoms with Crippen molar-refractivity contribution >= 4 is 23.1 Å². The number of hydrogen-bond donors (Lipinski definition) is 1. The number of nitrogens with zero attached hydrogens (tertiary/aromatic N) is 4. The lowest BCUT2D eigenvalue weighted by Gasteiger charge is -2.17. The average Bonchev–Trinajstić information content (AvgIpc) is 3.32. The molecule has 38 heavy (non-hydrogen) atoms. The molecule has 0 fully saturated rings. The molecule has 3 aromatic heterocycles. The van der Waals surface area contributed by atoms with Crippen molar-refractivity contribution in [1.82, 2.24) is 19.9 Å². The first-order valence-corrected chi connectivity index (χ1v) is 14.0. The number of hydrogen-bond acceptors (Lipinski definition) is 8. The smallest absolute Gasteiger partial charge is 0.237 e. The topological polar surface area (TPSA) is 81.0 Å². The van der Waals surface area contributed by atoms with Crippen molar-refractivity contribution in [2.24, 2.45) is 0 Å². The molecule has 5 aromatic rings. The van der Waals surface area contributed by atoms with Crippen LogP contribution in [-0.4, -0.2) is 25.0 Å². The van der Waals surface area contributed by atoms with E-state index in [-0.39, 0.29) is 0 Å². The van der Waals surface area contributed by atoms with Gasteiger partial charge in [-0.25, -0.2) is 15.0 Å². The maximum Gasteiger partial charge on any atom is 0.237 e. The fraction of sp³-hybridized carbons (Fsp3) is 0.200. The summed E-state index contributed by atoms with van der Waals surface area (Å²) < 4.78 is 5.92. The molecule has 5 rings (SSSR count). The van der Waals surface area contributed by atoms with E-state index < -0.39 is 5.60 Å². The number of aryl methyl sites for hydroxylation is 2. The van der Waals surface area contributed by atoms with Crippen molar-refractivity contribution < 1.29 is 9.84 Å². The zero-order chi connectivity index (χ0) is 26.7. The lowest BCUT2D eigenvalue weighted by molar-refractivity contribution is 0.0786. The third kappa shape index (κ3) is 6.27. The highest BCUT2D eigenvalue weighted by atomic mass is 32.2. The van der Waals surface area contributed by atoms with Gasteiger partial charge in [0.1, 0.15) is 5.75 Å². The molecule has 0 aliphatic rings. The van der Waals surface area contributed by atoms with Gasteiger partial charge in [0.2, 0.25) is 5.88 Å². The number of thioether (sulfide) groups is 1. The Kier molecular flexibility index (Phi) is 7.56. The molecular weight excluding hydrogens is 512 g/mol. The first-order chi connectivity index (χ1) is 18.2. The van der Waals surface area contributed by atoms with E-state index in [0.717, 1.165) is 43.9 Å². The number of ether oxygens (including phenoxy) is 1. The molecule has 0 radical (unpaired) electrons. The number of thiophene rings is 1. The predicted molar refractivity (Wildman–Crippen MR) is 154 cm³/mol. The van der Waals surface area contributed by atoms with Crippen LogP contribution in [0, 0.1) is 13.8 Å². The Labute approximate surface area is 230 Å². The molecule has 2 aromatic carbocycles. The zero-order valence-electron chi connectivity index (χ0n) is 21.7. The molecule has 0 aliphatic carbocycles. The molecule has 0 bridgehead atoms. The van der Waals surface area contributed by atoms with Gasteiger partial charge in [-0.2, -0.15) is 0 Å². The first-order valence-electron chi connectivity index (χ1n) is 12.2. The molecular formula is C30H28N4O2S2. The highest BCUT2D eigenvalue weighted by Gasteiger charge is 2.18. The van der Waals surface area contributed by atoms with E-state index in [4.69, 9.17) is 4.74 Å². The van der Waals surface area contributed by atoms with Gasteiger partial charge < -0.3 is 9.84 Å². The molecule has 0 saturated carbocycles. The van der Waals surface area contributed by atoms with E-state index in [2.05, 4.69) is 44.2 Å². The van der Waals surface area contributed by atoms with Gasteiger partial charge in [-0.05, 0) is 74.2 Å². The molecule has 0 atom stereocenters. The van der Waals surface area contributed by atoms with E-state index in [1.165, 1.54) is 10.4 Å². The van der Waals surface area contributed by atoms with Crippen molar-refractivity contribution in [1.29, 1.82) is 0 Å². The first kappa shape index (κ1) is 26.0. The summed E-state index contributed by atoms with van der Waals surface area (Å²) in [6.45, 7) is 7.58. The second kappa shape index (κ2) is 11.0. The van der Waals surface area contributed by atoms with Crippen LogP contribution in [0.4, 0.5) is 0 Å². The highest BCUT2D eigenvalue weighted by molar-refractivity contribution is 7.98. The molecule has 0 unspecified atom stereocenters. The second-order valence-electron chi connectivity index (χ2n) is 9.50. The highest BCUT2D eigenvalue weighted by Crippen LogP contribution is 2.41. The van der Waals surface area contributed by atoms with E-state index in [1.54, 1.807) is 55.5 Å². The fourth-order valence-corrected chi connectivity index (χ4v) is 6.23. The van der Waals surface area contributed by atoms with Crippen LogP contribution in [0.1, 0.15) is 36.4 Å². The maximum absolute atomic E-state index is 10.4. The van der Waals surface area contributed by atoms with Crippen molar-refractivity contribution in [3.05, 3.63) is 102 Å². The van der Waals surface area contributed by atoms with E-state index in [1.807, 2.05) is 50.2 Å². The average molecular weight is 541 g/mol. The lowest BCUT2D eigenvalue weighted by Crippen LogP contribution is -2.14. The summed E-state index contributed by atoms with van der Waals surface area (Å²) in [5, 5.41) is 11.2. The van der Waals surface area contributed by atoms with Crippen LogP contribution >= 0.6 is 23.1 Å². The summed E-state index contributed by atoms with van der Waals surface area (Å²) in [6.07, 6.45) is 4.82. The van der Waals surface area contributed by atoms with E-state index in [9.17, 15) is 5.11 Å². The summed E-state index contributed by atoms with van der Waals surface area (Å²) in [5.41, 5.74) is 5.30. The molecule has 0 amide bonds. The maximum atomic E-state index is 10.4. The Morgan fingerprint density at radius 2 is 1.68 bits per heavy atom. The number of benzene rings is 2. The molecule has 192 valence electrons. The van der Waals surface area contributed by atoms with Crippen LogP contribution in [0.3, 0.4) is 0 Å². The summed E-state index contributed by atoms with van der Waals surface area (Å²) in [7, 11) is 0. The minimum absolute atomic E-state index is 0.453. The Morgan fingerprint density at radius 3 is 2.37 bits per heavy atom. The zero-order valence-corrected chi connectivity index (χ0v) is 23.3. The molecule has 8 heteroatoms. The Hall–Kier alpha value is -3.59. The van der Waals surface area contributed by atoms with Gasteiger partial charge in [0.25, 0.3) is 0 Å². The third-order valence-corrected chi connectivity index (χ3v) is 8.03. The van der Waals surface area contributed by atoms with Crippen LogP contribution in [0.15, 0.2) is 84.4 Å². The van der Waals surface area contributed by atoms with Gasteiger partial charge in [0.15, 0.2) is 5.16 Å². The quantitative estimate of drug-likeness (QED) is 0.160. The molecule has 0 aliphatic heterocycles. The van der Waals surface area contributed by atoms with Crippen molar-refractivity contribution in [2.75, 3.05) is 0 Å². The summed E-state index contributed by atoms with van der Waals surface area (Å²) in [6, 6.07) is 20.4. The number of rotatable bonds is 8. The van der Waals surface area contributed by atoms with Crippen LogP contribution in [-0.2, 0) is 11.4 Å². The van der Waals surface area contributed by atoms with Gasteiger partial charge >= 0.3 is 0 Å². The minimum Gasteiger partial charge on any atom is -0.437 e. The normalized spacial score (nSPS) is 11.5. The van der Waals surface area contributed by atoms with Gasteiger partial charge in [-0.1, -0.05) is 48.2 Å². The third-order valence-electron chi connectivity index (χ3n) is 5.86. The fourth-order valence-electron chi connectivity index (χ4n) is 4.02. The van der Waals surface area contributed by atoms with Gasteiger partial charge in [0.05, 0.1) is 11.8 Å². The number of aromatic nitrogens is 4. The van der Waals surface area contributed by atoms with Gasteiger partial charge in [0, 0.05) is 39.3 Å². The summed E-state index contributed by atoms with van der Waals surface area (Å²) in [5.74, 6) is 1.89. The SMILES string of the molecule is Cc1cc(C)nc(SCc2cc(-c3cccc(Oc4cnccn4)c3)sc2-c2ccc(C(C)(C)O)cc2)n1. The van der Waals surface area contributed by atoms with Crippen LogP contribution in [0.25, 0.3) is 20.9 Å². The second-order valence-corrected chi connectivity index (χ2v) is 11.5. The van der Waals surface area contributed by atoms with Crippen LogP contribution in [0.2, 0.25) is 0 Å².